The fraction of sp³-hybridized carbons (Fsp3) is 0.553. The van der Waals surface area contributed by atoms with Crippen molar-refractivity contribution in [1.82, 2.24) is 31.9 Å². The van der Waals surface area contributed by atoms with Crippen LogP contribution in [0.4, 0.5) is 9.59 Å². The minimum absolute atomic E-state index is 0.00582. The molecule has 0 heterocycles. The van der Waals surface area contributed by atoms with Crippen molar-refractivity contribution in [3.8, 4) is 5.75 Å². The number of carboxylic acids is 1. The van der Waals surface area contributed by atoms with E-state index in [0.29, 0.717) is 11.1 Å². The van der Waals surface area contributed by atoms with Gasteiger partial charge in [0.2, 0.25) is 29.5 Å². The monoisotopic (exact) mass is 954 g/mol. The van der Waals surface area contributed by atoms with E-state index in [1.165, 1.54) is 32.9 Å². The maximum atomic E-state index is 14.1. The molecule has 6 amide bonds. The van der Waals surface area contributed by atoms with Gasteiger partial charge in [-0.05, 0) is 111 Å². The van der Waals surface area contributed by atoms with Gasteiger partial charge in [0.15, 0.2) is 5.96 Å². The van der Waals surface area contributed by atoms with Crippen LogP contribution in [0.15, 0.2) is 59.6 Å². The van der Waals surface area contributed by atoms with Crippen molar-refractivity contribution in [3.05, 3.63) is 65.7 Å². The quantitative estimate of drug-likeness (QED) is 0.0254. The fourth-order valence-electron chi connectivity index (χ4n) is 6.33. The van der Waals surface area contributed by atoms with Gasteiger partial charge in [-0.25, -0.2) is 14.4 Å². The Balaban J connectivity index is 2.26. The maximum absolute atomic E-state index is 14.1. The number of ether oxygens (including phenoxy) is 3. The van der Waals surface area contributed by atoms with Crippen molar-refractivity contribution in [2.45, 2.75) is 149 Å². The Kier molecular flexibility index (Phi) is 21.3. The van der Waals surface area contributed by atoms with E-state index in [1.54, 1.807) is 84.0 Å². The summed E-state index contributed by atoms with van der Waals surface area (Å²) in [6.07, 6.45) is -1.57. The standard InChI is InChI=1S/C47H71N9O12/c1-28(2)24-33(36(58)53-32(38(60)61)18-15-23-50-41(48)49)54-37(59)34(25-29-16-13-12-14-17-29)52-35(57)27-51-39(62)46(9,10)55-40(63)47(11,56-42(64)67-44(3,4)5)26-30-19-21-31(22-20-30)66-43(65)68-45(6,7)8/h12-14,16-17,19-22,28,32-34H,15,18,23-27H2,1-11H3,(H,51,62)(H,52,57)(H,53,58)(H,54,59)(H,55,63)(H,56,64)(H,60,61)(H4,48,49,50)/t32-,33-,34-,47-/m1/s1. The molecule has 2 aromatic carbocycles. The van der Waals surface area contributed by atoms with Gasteiger partial charge in [-0.15, -0.1) is 0 Å². The SMILES string of the molecule is CC(C)C[C@@H](NC(=O)[C@@H](Cc1ccccc1)NC(=O)CNC(=O)C(C)(C)NC(=O)[C@@](C)(Cc1ccc(OC(=O)OC(C)(C)C)cc1)NC(=O)OC(C)(C)C)C(=O)N[C@H](CCCN=C(N)N)C(=O)O. The van der Waals surface area contributed by atoms with Gasteiger partial charge in [-0.3, -0.25) is 29.0 Å². The number of aliphatic imine (C=N–C) groups is 1. The van der Waals surface area contributed by atoms with Crippen LogP contribution in [-0.2, 0) is 51.1 Å². The highest BCUT2D eigenvalue weighted by molar-refractivity contribution is 5.98. The van der Waals surface area contributed by atoms with Crippen molar-refractivity contribution in [1.29, 1.82) is 0 Å². The number of benzene rings is 2. The van der Waals surface area contributed by atoms with E-state index in [0.717, 1.165) is 0 Å². The number of alkyl carbamates (subject to hydrolysis) is 1. The number of carbonyl (C=O) groups excluding carboxylic acids is 7. The number of hydrogen-bond donors (Lipinski definition) is 9. The summed E-state index contributed by atoms with van der Waals surface area (Å²) in [6, 6.07) is 11.1. The molecule has 376 valence electrons. The van der Waals surface area contributed by atoms with E-state index in [4.69, 9.17) is 25.7 Å². The lowest BCUT2D eigenvalue weighted by atomic mass is 9.90. The molecule has 2 aromatic rings. The summed E-state index contributed by atoms with van der Waals surface area (Å²) in [7, 11) is 0. The van der Waals surface area contributed by atoms with Crippen molar-refractivity contribution in [2.24, 2.45) is 22.4 Å². The van der Waals surface area contributed by atoms with Gasteiger partial charge in [-0.1, -0.05) is 56.3 Å². The van der Waals surface area contributed by atoms with Crippen LogP contribution in [0, 0.1) is 5.92 Å². The molecule has 11 N–H and O–H groups in total. The Bertz CT molecular complexity index is 2090. The van der Waals surface area contributed by atoms with Gasteiger partial charge in [0.25, 0.3) is 0 Å². The van der Waals surface area contributed by atoms with Gasteiger partial charge >= 0.3 is 18.2 Å². The number of amides is 6. The summed E-state index contributed by atoms with van der Waals surface area (Å²) in [4.78, 5) is 110. The molecule has 0 spiro atoms. The molecule has 0 fully saturated rings. The second kappa shape index (κ2) is 25.3. The van der Waals surface area contributed by atoms with E-state index in [1.807, 2.05) is 13.8 Å². The van der Waals surface area contributed by atoms with Crippen LogP contribution in [0.1, 0.15) is 107 Å². The predicted octanol–water partition coefficient (Wildman–Crippen LogP) is 2.72. The third-order valence-electron chi connectivity index (χ3n) is 9.59. The second-order valence-corrected chi connectivity index (χ2v) is 19.5. The second-order valence-electron chi connectivity index (χ2n) is 19.5. The highest BCUT2D eigenvalue weighted by Crippen LogP contribution is 2.21. The Morgan fingerprint density at radius 1 is 0.691 bits per heavy atom. The maximum Gasteiger partial charge on any atom is 0.514 e. The van der Waals surface area contributed by atoms with Crippen LogP contribution < -0.4 is 48.1 Å². The number of nitrogens with two attached hydrogens (primary N) is 2. The molecular weight excluding hydrogens is 883 g/mol. The van der Waals surface area contributed by atoms with Crippen LogP contribution in [0.2, 0.25) is 0 Å². The van der Waals surface area contributed by atoms with Gasteiger partial charge in [-0.2, -0.15) is 0 Å². The summed E-state index contributed by atoms with van der Waals surface area (Å²) < 4.78 is 15.9. The lowest BCUT2D eigenvalue weighted by Crippen LogP contribution is -2.65. The van der Waals surface area contributed by atoms with Crippen LogP contribution in [0.3, 0.4) is 0 Å². The van der Waals surface area contributed by atoms with E-state index < -0.39 is 94.7 Å². The molecule has 0 unspecified atom stereocenters. The molecule has 0 aliphatic heterocycles. The number of guanidine groups is 1. The molecule has 0 aliphatic rings. The summed E-state index contributed by atoms with van der Waals surface area (Å²) in [5, 5.41) is 25.3. The molecule has 0 aromatic heterocycles. The minimum Gasteiger partial charge on any atom is -0.480 e. The highest BCUT2D eigenvalue weighted by atomic mass is 16.7. The first-order chi connectivity index (χ1) is 31.4. The van der Waals surface area contributed by atoms with Crippen LogP contribution >= 0.6 is 0 Å². The van der Waals surface area contributed by atoms with Gasteiger partial charge in [0.05, 0.1) is 6.54 Å². The molecule has 21 nitrogen and oxygen atoms in total. The molecule has 0 aliphatic carbocycles. The van der Waals surface area contributed by atoms with E-state index in [2.05, 4.69) is 36.9 Å². The fourth-order valence-corrected chi connectivity index (χ4v) is 6.33. The molecule has 2 rings (SSSR count). The summed E-state index contributed by atoms with van der Waals surface area (Å²) in [5.41, 5.74) is 6.77. The zero-order valence-electron chi connectivity index (χ0n) is 41.0. The molecule has 0 bridgehead atoms. The normalized spacial score (nSPS) is 13.8. The van der Waals surface area contributed by atoms with Gasteiger partial charge in [0.1, 0.15) is 46.2 Å². The summed E-state index contributed by atoms with van der Waals surface area (Å²) in [6.45, 7) is 17.4. The predicted molar refractivity (Wildman–Crippen MR) is 253 cm³/mol. The molecule has 0 radical (unpaired) electrons. The lowest BCUT2D eigenvalue weighted by molar-refractivity contribution is -0.142. The average molecular weight is 954 g/mol. The Labute approximate surface area is 398 Å². The first-order valence-electron chi connectivity index (χ1n) is 22.2. The topological polar surface area (TPSA) is 321 Å². The lowest BCUT2D eigenvalue weighted by Gasteiger charge is -2.35. The number of nitrogens with one attached hydrogen (secondary N) is 6. The number of carboxylic acid groups (broad SMARTS) is 1. The van der Waals surface area contributed by atoms with Crippen molar-refractivity contribution >= 4 is 53.7 Å². The van der Waals surface area contributed by atoms with Crippen LogP contribution in [0.25, 0.3) is 0 Å². The number of rotatable bonds is 23. The average Bonchev–Trinajstić information content (AvgIpc) is 3.19. The van der Waals surface area contributed by atoms with E-state index >= 15 is 0 Å². The van der Waals surface area contributed by atoms with E-state index in [-0.39, 0.29) is 56.3 Å². The summed E-state index contributed by atoms with van der Waals surface area (Å²) >= 11 is 0. The largest absolute Gasteiger partial charge is 0.514 e. The molecule has 0 saturated heterocycles. The van der Waals surface area contributed by atoms with Gasteiger partial charge in [0, 0.05) is 19.4 Å². The minimum atomic E-state index is -1.73. The Morgan fingerprint density at radius 3 is 1.81 bits per heavy atom. The van der Waals surface area contributed by atoms with Crippen LogP contribution in [-0.4, -0.2) is 112 Å². The Hall–Kier alpha value is -6.93. The molecular formula is C47H71N9O12. The number of carbonyl (C=O) groups is 8. The first kappa shape index (κ1) is 57.2. The highest BCUT2D eigenvalue weighted by Gasteiger charge is 2.41. The van der Waals surface area contributed by atoms with Crippen molar-refractivity contribution in [3.63, 3.8) is 0 Å². The first-order valence-corrected chi connectivity index (χ1v) is 22.2. The van der Waals surface area contributed by atoms with Gasteiger partial charge < -0.3 is 62.7 Å². The third kappa shape index (κ3) is 21.6. The number of hydrogen-bond acceptors (Lipinski definition) is 12. The Morgan fingerprint density at radius 2 is 1.26 bits per heavy atom. The molecule has 21 heteroatoms. The number of nitrogens with zero attached hydrogens (tertiary/aromatic N) is 1. The van der Waals surface area contributed by atoms with Crippen molar-refractivity contribution in [2.75, 3.05) is 13.1 Å². The summed E-state index contributed by atoms with van der Waals surface area (Å²) in [5.74, 6) is -5.28. The third-order valence-corrected chi connectivity index (χ3v) is 9.59. The zero-order chi connectivity index (χ0) is 51.6. The smallest absolute Gasteiger partial charge is 0.480 e. The number of aliphatic carboxylic acids is 1. The molecule has 0 saturated carbocycles. The van der Waals surface area contributed by atoms with Crippen molar-refractivity contribution < 1.29 is 57.7 Å². The molecule has 4 atom stereocenters. The molecule has 68 heavy (non-hydrogen) atoms. The van der Waals surface area contributed by atoms with E-state index in [9.17, 15) is 43.5 Å². The zero-order valence-corrected chi connectivity index (χ0v) is 41.0. The van der Waals surface area contributed by atoms with Crippen LogP contribution in [0.5, 0.6) is 5.75 Å².